The largest absolute Gasteiger partial charge is 0.494 e. The van der Waals surface area contributed by atoms with Gasteiger partial charge in [-0.05, 0) is 62.2 Å². The number of nitrogens with zero attached hydrogens (tertiary/aromatic N) is 1. The van der Waals surface area contributed by atoms with Gasteiger partial charge in [-0.25, -0.2) is 0 Å². The molecule has 0 aliphatic rings. The van der Waals surface area contributed by atoms with Crippen LogP contribution in [-0.2, 0) is 6.54 Å². The lowest BCUT2D eigenvalue weighted by atomic mass is 10.1. The lowest BCUT2D eigenvalue weighted by molar-refractivity contribution is 0.336. The first-order valence-corrected chi connectivity index (χ1v) is 7.30. The molecule has 3 nitrogen and oxygen atoms in total. The molecule has 0 aromatic heterocycles. The highest BCUT2D eigenvalue weighted by molar-refractivity contribution is 5.53. The maximum Gasteiger partial charge on any atom is 0.124 e. The van der Waals surface area contributed by atoms with Gasteiger partial charge in [0.1, 0.15) is 5.75 Å². The van der Waals surface area contributed by atoms with Crippen molar-refractivity contribution in [3.8, 4) is 5.75 Å². The highest BCUT2D eigenvalue weighted by Crippen LogP contribution is 2.26. The van der Waals surface area contributed by atoms with E-state index in [0.29, 0.717) is 6.61 Å². The Bertz CT molecular complexity index is 602. The zero-order chi connectivity index (χ0) is 15.4. The second kappa shape index (κ2) is 6.53. The first-order chi connectivity index (χ1) is 9.99. The fourth-order valence-electron chi connectivity index (χ4n) is 2.54. The number of aryl methyl sites for hydroxylation is 2. The summed E-state index contributed by atoms with van der Waals surface area (Å²) in [6, 6.07) is 12.4. The number of benzene rings is 2. The third kappa shape index (κ3) is 3.91. The van der Waals surface area contributed by atoms with Gasteiger partial charge in [0.2, 0.25) is 0 Å². The zero-order valence-corrected chi connectivity index (χ0v) is 13.3. The van der Waals surface area contributed by atoms with Gasteiger partial charge in [0.15, 0.2) is 0 Å². The normalized spacial score (nSPS) is 10.5. The van der Waals surface area contributed by atoms with Crippen LogP contribution in [0, 0.1) is 13.8 Å². The Morgan fingerprint density at radius 1 is 1.05 bits per heavy atom. The van der Waals surface area contributed by atoms with Gasteiger partial charge in [-0.15, -0.1) is 0 Å². The van der Waals surface area contributed by atoms with E-state index in [1.54, 1.807) is 0 Å². The van der Waals surface area contributed by atoms with Gasteiger partial charge in [0.25, 0.3) is 0 Å². The van der Waals surface area contributed by atoms with Crippen molar-refractivity contribution in [3.05, 3.63) is 53.1 Å². The van der Waals surface area contributed by atoms with E-state index in [-0.39, 0.29) is 0 Å². The van der Waals surface area contributed by atoms with Crippen LogP contribution in [0.2, 0.25) is 0 Å². The maximum absolute atomic E-state index is 5.91. The molecule has 2 aromatic carbocycles. The molecule has 0 radical (unpaired) electrons. The summed E-state index contributed by atoms with van der Waals surface area (Å²) in [7, 11) is 2.09. The van der Waals surface area contributed by atoms with Crippen LogP contribution in [0.15, 0.2) is 36.4 Å². The monoisotopic (exact) mass is 284 g/mol. The fourth-order valence-corrected chi connectivity index (χ4v) is 2.54. The number of rotatable bonds is 5. The molecule has 0 aliphatic carbocycles. The molecule has 3 heteroatoms. The smallest absolute Gasteiger partial charge is 0.124 e. The van der Waals surface area contributed by atoms with E-state index in [0.717, 1.165) is 23.5 Å². The van der Waals surface area contributed by atoms with Crippen LogP contribution in [0.25, 0.3) is 0 Å². The Labute approximate surface area is 127 Å². The molecule has 0 saturated carbocycles. The Morgan fingerprint density at radius 3 is 2.33 bits per heavy atom. The SMILES string of the molecule is CCOc1ccc(N)cc1CN(C)c1cc(C)cc(C)c1. The van der Waals surface area contributed by atoms with Crippen molar-refractivity contribution in [3.63, 3.8) is 0 Å². The van der Waals surface area contributed by atoms with Crippen LogP contribution >= 0.6 is 0 Å². The molecule has 0 bridgehead atoms. The number of anilines is 2. The number of nitrogens with two attached hydrogens (primary N) is 1. The summed E-state index contributed by atoms with van der Waals surface area (Å²) in [6.45, 7) is 7.66. The van der Waals surface area contributed by atoms with Crippen LogP contribution in [0.3, 0.4) is 0 Å². The van der Waals surface area contributed by atoms with Crippen LogP contribution < -0.4 is 15.4 Å². The van der Waals surface area contributed by atoms with Crippen LogP contribution in [0.5, 0.6) is 5.75 Å². The number of nitrogen functional groups attached to an aromatic ring is 1. The van der Waals surface area contributed by atoms with E-state index in [9.17, 15) is 0 Å². The lowest BCUT2D eigenvalue weighted by Gasteiger charge is -2.22. The topological polar surface area (TPSA) is 38.5 Å². The maximum atomic E-state index is 5.91. The molecule has 0 spiro atoms. The molecule has 0 aliphatic heterocycles. The predicted octanol–water partition coefficient (Wildman–Crippen LogP) is 3.92. The molecule has 0 amide bonds. The summed E-state index contributed by atoms with van der Waals surface area (Å²) in [4.78, 5) is 2.22. The molecule has 0 unspecified atom stereocenters. The predicted molar refractivity (Wildman–Crippen MR) is 90.0 cm³/mol. The van der Waals surface area contributed by atoms with Crippen LogP contribution in [0.1, 0.15) is 23.6 Å². The molecule has 0 saturated heterocycles. The van der Waals surface area contributed by atoms with E-state index < -0.39 is 0 Å². The Kier molecular flexibility index (Phi) is 4.73. The number of hydrogen-bond donors (Lipinski definition) is 1. The first kappa shape index (κ1) is 15.2. The van der Waals surface area contributed by atoms with E-state index >= 15 is 0 Å². The third-order valence-corrected chi connectivity index (χ3v) is 3.44. The van der Waals surface area contributed by atoms with Gasteiger partial charge in [-0.2, -0.15) is 0 Å². The molecular weight excluding hydrogens is 260 g/mol. The molecule has 2 rings (SSSR count). The van der Waals surface area contributed by atoms with Crippen molar-refractivity contribution in [1.82, 2.24) is 0 Å². The van der Waals surface area contributed by atoms with E-state index in [2.05, 4.69) is 44.0 Å². The van der Waals surface area contributed by atoms with Gasteiger partial charge >= 0.3 is 0 Å². The van der Waals surface area contributed by atoms with E-state index in [1.165, 1.54) is 16.8 Å². The highest BCUT2D eigenvalue weighted by atomic mass is 16.5. The Hall–Kier alpha value is -2.16. The second-order valence-corrected chi connectivity index (χ2v) is 5.50. The summed E-state index contributed by atoms with van der Waals surface area (Å²) in [5.41, 5.74) is 11.5. The standard InChI is InChI=1S/C18H24N2O/c1-5-21-18-7-6-16(19)11-15(18)12-20(4)17-9-13(2)8-14(3)10-17/h6-11H,5,12,19H2,1-4H3. The molecule has 0 fully saturated rings. The van der Waals surface area contributed by atoms with Gasteiger partial charge in [0.05, 0.1) is 6.61 Å². The minimum Gasteiger partial charge on any atom is -0.494 e. The number of ether oxygens (including phenoxy) is 1. The second-order valence-electron chi connectivity index (χ2n) is 5.50. The summed E-state index contributed by atoms with van der Waals surface area (Å²) in [5, 5.41) is 0. The first-order valence-electron chi connectivity index (χ1n) is 7.30. The van der Waals surface area contributed by atoms with Crippen molar-refractivity contribution in [2.24, 2.45) is 0 Å². The Balaban J connectivity index is 2.26. The van der Waals surface area contributed by atoms with E-state index in [1.807, 2.05) is 25.1 Å². The van der Waals surface area contributed by atoms with Crippen molar-refractivity contribution in [2.75, 3.05) is 24.3 Å². The highest BCUT2D eigenvalue weighted by Gasteiger charge is 2.09. The van der Waals surface area contributed by atoms with Crippen molar-refractivity contribution < 1.29 is 4.74 Å². The summed E-state index contributed by atoms with van der Waals surface area (Å²) in [6.07, 6.45) is 0. The summed E-state index contributed by atoms with van der Waals surface area (Å²) in [5.74, 6) is 0.905. The molecular formula is C18H24N2O. The van der Waals surface area contributed by atoms with Gasteiger partial charge < -0.3 is 15.4 Å². The fraction of sp³-hybridized carbons (Fsp3) is 0.333. The van der Waals surface area contributed by atoms with Crippen molar-refractivity contribution in [1.29, 1.82) is 0 Å². The molecule has 2 N–H and O–H groups in total. The summed E-state index contributed by atoms with van der Waals surface area (Å²) < 4.78 is 5.69. The van der Waals surface area contributed by atoms with Crippen LogP contribution in [0.4, 0.5) is 11.4 Å². The quantitative estimate of drug-likeness (QED) is 0.846. The molecule has 112 valence electrons. The minimum atomic E-state index is 0.657. The average molecular weight is 284 g/mol. The molecule has 21 heavy (non-hydrogen) atoms. The molecule has 0 atom stereocenters. The van der Waals surface area contributed by atoms with Crippen molar-refractivity contribution >= 4 is 11.4 Å². The average Bonchev–Trinajstić information content (AvgIpc) is 2.41. The number of hydrogen-bond acceptors (Lipinski definition) is 3. The lowest BCUT2D eigenvalue weighted by Crippen LogP contribution is -2.17. The van der Waals surface area contributed by atoms with Gasteiger partial charge in [0, 0.05) is 30.5 Å². The zero-order valence-electron chi connectivity index (χ0n) is 13.3. The molecule has 2 aromatic rings. The van der Waals surface area contributed by atoms with Gasteiger partial charge in [-0.1, -0.05) is 6.07 Å². The molecule has 0 heterocycles. The van der Waals surface area contributed by atoms with E-state index in [4.69, 9.17) is 10.5 Å². The van der Waals surface area contributed by atoms with Crippen molar-refractivity contribution in [2.45, 2.75) is 27.3 Å². The Morgan fingerprint density at radius 2 is 1.71 bits per heavy atom. The summed E-state index contributed by atoms with van der Waals surface area (Å²) >= 11 is 0. The third-order valence-electron chi connectivity index (χ3n) is 3.44. The van der Waals surface area contributed by atoms with Crippen LogP contribution in [-0.4, -0.2) is 13.7 Å². The van der Waals surface area contributed by atoms with Gasteiger partial charge in [-0.3, -0.25) is 0 Å². The minimum absolute atomic E-state index is 0.657.